The fourth-order valence-electron chi connectivity index (χ4n) is 2.31. The maximum atomic E-state index is 12.1. The van der Waals surface area contributed by atoms with Crippen LogP contribution in [0, 0.1) is 0 Å². The van der Waals surface area contributed by atoms with Crippen LogP contribution in [0.3, 0.4) is 0 Å². The molecule has 0 bridgehead atoms. The van der Waals surface area contributed by atoms with Crippen LogP contribution in [0.2, 0.25) is 0 Å². The van der Waals surface area contributed by atoms with Crippen LogP contribution in [0.1, 0.15) is 21.8 Å². The van der Waals surface area contributed by atoms with E-state index in [9.17, 15) is 9.59 Å². The van der Waals surface area contributed by atoms with Crippen molar-refractivity contribution in [2.24, 2.45) is 0 Å². The van der Waals surface area contributed by atoms with Crippen molar-refractivity contribution >= 4 is 28.9 Å². The van der Waals surface area contributed by atoms with Crippen molar-refractivity contribution in [3.8, 4) is 11.4 Å². The Bertz CT molecular complexity index is 892. The SMILES string of the molecule is COC(=O)c1ccc(NC(=O)CCc2nc(-c3ccccn3)cs2)cc1. The first-order valence-corrected chi connectivity index (χ1v) is 8.87. The fourth-order valence-corrected chi connectivity index (χ4v) is 3.10. The van der Waals surface area contributed by atoms with Crippen molar-refractivity contribution in [1.29, 1.82) is 0 Å². The number of aryl methyl sites for hydroxylation is 1. The largest absolute Gasteiger partial charge is 0.465 e. The summed E-state index contributed by atoms with van der Waals surface area (Å²) in [7, 11) is 1.33. The Labute approximate surface area is 154 Å². The molecule has 0 radical (unpaired) electrons. The number of hydrogen-bond donors (Lipinski definition) is 1. The highest BCUT2D eigenvalue weighted by Crippen LogP contribution is 2.20. The van der Waals surface area contributed by atoms with Crippen molar-refractivity contribution in [3.05, 3.63) is 64.6 Å². The molecule has 6 nitrogen and oxygen atoms in total. The summed E-state index contributed by atoms with van der Waals surface area (Å²) < 4.78 is 4.64. The number of hydrogen-bond acceptors (Lipinski definition) is 6. The Balaban J connectivity index is 1.53. The van der Waals surface area contributed by atoms with E-state index in [1.54, 1.807) is 30.5 Å². The van der Waals surface area contributed by atoms with Crippen molar-refractivity contribution in [2.45, 2.75) is 12.8 Å². The van der Waals surface area contributed by atoms with Gasteiger partial charge in [-0.2, -0.15) is 0 Å². The van der Waals surface area contributed by atoms with Gasteiger partial charge in [-0.05, 0) is 36.4 Å². The summed E-state index contributed by atoms with van der Waals surface area (Å²) in [5.41, 5.74) is 2.72. The summed E-state index contributed by atoms with van der Waals surface area (Å²) in [4.78, 5) is 32.3. The number of amides is 1. The van der Waals surface area contributed by atoms with Gasteiger partial charge in [-0.1, -0.05) is 6.07 Å². The summed E-state index contributed by atoms with van der Waals surface area (Å²) >= 11 is 1.52. The van der Waals surface area contributed by atoms with E-state index in [2.05, 4.69) is 20.0 Å². The minimum absolute atomic E-state index is 0.106. The molecule has 0 fully saturated rings. The van der Waals surface area contributed by atoms with Crippen LogP contribution in [-0.2, 0) is 16.0 Å². The Hall–Kier alpha value is -3.06. The lowest BCUT2D eigenvalue weighted by molar-refractivity contribution is -0.116. The predicted octanol–water partition coefficient (Wildman–Crippen LogP) is 3.56. The molecule has 0 aliphatic carbocycles. The second-order valence-electron chi connectivity index (χ2n) is 5.46. The first-order chi connectivity index (χ1) is 12.7. The highest BCUT2D eigenvalue weighted by molar-refractivity contribution is 7.09. The number of thiazole rings is 1. The summed E-state index contributed by atoms with van der Waals surface area (Å²) in [5.74, 6) is -0.513. The number of pyridine rings is 1. The van der Waals surface area contributed by atoms with E-state index in [0.717, 1.165) is 16.4 Å². The van der Waals surface area contributed by atoms with Crippen LogP contribution in [0.25, 0.3) is 11.4 Å². The summed E-state index contributed by atoms with van der Waals surface area (Å²) in [6.45, 7) is 0. The summed E-state index contributed by atoms with van der Waals surface area (Å²) in [5, 5.41) is 5.64. The fraction of sp³-hybridized carbons (Fsp3) is 0.158. The highest BCUT2D eigenvalue weighted by atomic mass is 32.1. The Morgan fingerprint density at radius 1 is 1.12 bits per heavy atom. The summed E-state index contributed by atoms with van der Waals surface area (Å²) in [6.07, 6.45) is 2.62. The van der Waals surface area contributed by atoms with E-state index < -0.39 is 5.97 Å². The van der Waals surface area contributed by atoms with E-state index in [4.69, 9.17) is 0 Å². The minimum atomic E-state index is -0.407. The van der Waals surface area contributed by atoms with Crippen LogP contribution in [0.4, 0.5) is 5.69 Å². The molecule has 0 aliphatic rings. The topological polar surface area (TPSA) is 81.2 Å². The third kappa shape index (κ3) is 4.52. The number of nitrogens with zero attached hydrogens (tertiary/aromatic N) is 2. The first kappa shape index (κ1) is 17.8. The molecule has 1 N–H and O–H groups in total. The van der Waals surface area contributed by atoms with Crippen molar-refractivity contribution in [1.82, 2.24) is 9.97 Å². The number of rotatable bonds is 6. The molecule has 0 atom stereocenters. The maximum absolute atomic E-state index is 12.1. The molecular weight excluding hydrogens is 350 g/mol. The molecule has 3 aromatic rings. The van der Waals surface area contributed by atoms with E-state index in [1.165, 1.54) is 18.4 Å². The van der Waals surface area contributed by atoms with Gasteiger partial charge in [0.2, 0.25) is 5.91 Å². The summed E-state index contributed by atoms with van der Waals surface area (Å²) in [6, 6.07) is 12.3. The lowest BCUT2D eigenvalue weighted by Crippen LogP contribution is -2.12. The van der Waals surface area contributed by atoms with E-state index in [-0.39, 0.29) is 5.91 Å². The second kappa shape index (κ2) is 8.35. The highest BCUT2D eigenvalue weighted by Gasteiger charge is 2.09. The molecule has 0 aliphatic heterocycles. The van der Waals surface area contributed by atoms with Gasteiger partial charge in [0.25, 0.3) is 0 Å². The number of ether oxygens (including phenoxy) is 1. The van der Waals surface area contributed by atoms with Crippen LogP contribution >= 0.6 is 11.3 Å². The molecule has 0 spiro atoms. The molecule has 0 unspecified atom stereocenters. The minimum Gasteiger partial charge on any atom is -0.465 e. The zero-order chi connectivity index (χ0) is 18.4. The number of aromatic nitrogens is 2. The third-order valence-corrected chi connectivity index (χ3v) is 4.54. The van der Waals surface area contributed by atoms with Gasteiger partial charge in [-0.25, -0.2) is 9.78 Å². The van der Waals surface area contributed by atoms with Gasteiger partial charge >= 0.3 is 5.97 Å². The number of carbonyl (C=O) groups is 2. The van der Waals surface area contributed by atoms with Crippen molar-refractivity contribution in [2.75, 3.05) is 12.4 Å². The number of benzene rings is 1. The van der Waals surface area contributed by atoms with Crippen LogP contribution in [0.5, 0.6) is 0 Å². The normalized spacial score (nSPS) is 10.3. The molecule has 2 aromatic heterocycles. The van der Waals surface area contributed by atoms with Crippen LogP contribution in [0.15, 0.2) is 54.0 Å². The van der Waals surface area contributed by atoms with Gasteiger partial charge in [-0.3, -0.25) is 9.78 Å². The van der Waals surface area contributed by atoms with Gasteiger partial charge in [-0.15, -0.1) is 11.3 Å². The quantitative estimate of drug-likeness (QED) is 0.674. The smallest absolute Gasteiger partial charge is 0.337 e. The van der Waals surface area contributed by atoms with Crippen molar-refractivity contribution in [3.63, 3.8) is 0 Å². The van der Waals surface area contributed by atoms with Crippen LogP contribution < -0.4 is 5.32 Å². The molecule has 2 heterocycles. The van der Waals surface area contributed by atoms with Gasteiger partial charge in [0.05, 0.1) is 29.1 Å². The molecule has 3 rings (SSSR count). The van der Waals surface area contributed by atoms with Gasteiger partial charge in [0, 0.05) is 30.1 Å². The number of nitrogens with one attached hydrogen (secondary N) is 1. The van der Waals surface area contributed by atoms with Gasteiger partial charge < -0.3 is 10.1 Å². The number of anilines is 1. The first-order valence-electron chi connectivity index (χ1n) is 8.00. The van der Waals surface area contributed by atoms with E-state index in [1.807, 2.05) is 23.6 Å². The monoisotopic (exact) mass is 367 g/mol. The molecule has 132 valence electrons. The molecule has 26 heavy (non-hydrogen) atoms. The Kier molecular flexibility index (Phi) is 5.70. The standard InChI is InChI=1S/C19H17N3O3S/c1-25-19(24)13-5-7-14(8-6-13)21-17(23)9-10-18-22-16(12-26-18)15-4-2-3-11-20-15/h2-8,11-12H,9-10H2,1H3,(H,21,23). The zero-order valence-electron chi connectivity index (χ0n) is 14.1. The molecular formula is C19H17N3O3S. The Morgan fingerprint density at radius 3 is 2.62 bits per heavy atom. The number of carbonyl (C=O) groups excluding carboxylic acids is 2. The van der Waals surface area contributed by atoms with Crippen LogP contribution in [-0.4, -0.2) is 29.0 Å². The lowest BCUT2D eigenvalue weighted by atomic mass is 10.2. The molecule has 1 amide bonds. The van der Waals surface area contributed by atoms with Gasteiger partial charge in [0.1, 0.15) is 0 Å². The average molecular weight is 367 g/mol. The molecule has 0 saturated heterocycles. The average Bonchev–Trinajstić information content (AvgIpc) is 3.16. The number of methoxy groups -OCH3 is 1. The molecule has 0 saturated carbocycles. The molecule has 1 aromatic carbocycles. The Morgan fingerprint density at radius 2 is 1.92 bits per heavy atom. The lowest BCUT2D eigenvalue weighted by Gasteiger charge is -2.05. The van der Waals surface area contributed by atoms with E-state index >= 15 is 0 Å². The molecule has 7 heteroatoms. The van der Waals surface area contributed by atoms with E-state index in [0.29, 0.717) is 24.1 Å². The van der Waals surface area contributed by atoms with Crippen molar-refractivity contribution < 1.29 is 14.3 Å². The maximum Gasteiger partial charge on any atom is 0.337 e. The number of esters is 1. The third-order valence-electron chi connectivity index (χ3n) is 3.63. The zero-order valence-corrected chi connectivity index (χ0v) is 15.0. The van der Waals surface area contributed by atoms with Gasteiger partial charge in [0.15, 0.2) is 0 Å². The second-order valence-corrected chi connectivity index (χ2v) is 6.40. The predicted molar refractivity (Wildman–Crippen MR) is 100 cm³/mol.